The SMILES string of the molecule is CCc1ccc(N)cc1S(=O)(=O)NCC1(O)CCOC1. The van der Waals surface area contributed by atoms with E-state index in [4.69, 9.17) is 10.5 Å². The highest BCUT2D eigenvalue weighted by Crippen LogP contribution is 2.22. The maximum absolute atomic E-state index is 12.3. The molecule has 0 amide bonds. The molecule has 1 aliphatic heterocycles. The second-order valence-corrected chi connectivity index (χ2v) is 6.81. The quantitative estimate of drug-likeness (QED) is 0.677. The van der Waals surface area contributed by atoms with E-state index >= 15 is 0 Å². The van der Waals surface area contributed by atoms with Gasteiger partial charge in [0.05, 0.1) is 11.5 Å². The third-order valence-electron chi connectivity index (χ3n) is 3.44. The summed E-state index contributed by atoms with van der Waals surface area (Å²) in [6, 6.07) is 4.82. The Kier molecular flexibility index (Phi) is 4.33. The van der Waals surface area contributed by atoms with E-state index in [2.05, 4.69) is 4.72 Å². The van der Waals surface area contributed by atoms with Crippen LogP contribution in [0, 0.1) is 0 Å². The van der Waals surface area contributed by atoms with Crippen molar-refractivity contribution < 1.29 is 18.3 Å². The molecule has 0 spiro atoms. The van der Waals surface area contributed by atoms with E-state index in [0.29, 0.717) is 30.7 Å². The summed E-state index contributed by atoms with van der Waals surface area (Å²) in [5.41, 5.74) is 5.63. The predicted octanol–water partition coefficient (Wildman–Crippen LogP) is 0.261. The van der Waals surface area contributed by atoms with Crippen LogP contribution >= 0.6 is 0 Å². The molecule has 0 radical (unpaired) electrons. The molecule has 1 atom stereocenters. The fourth-order valence-corrected chi connectivity index (χ4v) is 3.62. The molecule has 0 aliphatic carbocycles. The Morgan fingerprint density at radius 3 is 2.85 bits per heavy atom. The molecule has 0 aromatic heterocycles. The van der Waals surface area contributed by atoms with Gasteiger partial charge in [-0.25, -0.2) is 13.1 Å². The molecule has 7 heteroatoms. The first kappa shape index (κ1) is 15.2. The summed E-state index contributed by atoms with van der Waals surface area (Å²) in [5, 5.41) is 10.1. The van der Waals surface area contributed by atoms with Crippen LogP contribution < -0.4 is 10.5 Å². The van der Waals surface area contributed by atoms with Crippen molar-refractivity contribution >= 4 is 15.7 Å². The minimum absolute atomic E-state index is 0.0622. The number of hydrogen-bond acceptors (Lipinski definition) is 5. The number of sulfonamides is 1. The second kappa shape index (κ2) is 5.69. The summed E-state index contributed by atoms with van der Waals surface area (Å²) in [5.74, 6) is 0. The normalized spacial score (nSPS) is 23.1. The third-order valence-corrected chi connectivity index (χ3v) is 4.92. The molecule has 1 aromatic rings. The van der Waals surface area contributed by atoms with E-state index in [9.17, 15) is 13.5 Å². The molecular formula is C13H20N2O4S. The Labute approximate surface area is 119 Å². The zero-order chi connectivity index (χ0) is 14.8. The highest BCUT2D eigenvalue weighted by atomic mass is 32.2. The van der Waals surface area contributed by atoms with Gasteiger partial charge < -0.3 is 15.6 Å². The molecule has 1 saturated heterocycles. The summed E-state index contributed by atoms with van der Waals surface area (Å²) in [6.07, 6.45) is 1.01. The van der Waals surface area contributed by atoms with E-state index in [1.807, 2.05) is 6.92 Å². The maximum atomic E-state index is 12.3. The van der Waals surface area contributed by atoms with Crippen molar-refractivity contribution in [2.45, 2.75) is 30.3 Å². The van der Waals surface area contributed by atoms with Crippen LogP contribution in [0.15, 0.2) is 23.1 Å². The number of nitrogens with one attached hydrogen (secondary N) is 1. The van der Waals surface area contributed by atoms with Gasteiger partial charge in [-0.15, -0.1) is 0 Å². The van der Waals surface area contributed by atoms with Crippen LogP contribution in [0.4, 0.5) is 5.69 Å². The van der Waals surface area contributed by atoms with Crippen molar-refractivity contribution in [2.75, 3.05) is 25.5 Å². The standard InChI is InChI=1S/C13H20N2O4S/c1-2-10-3-4-11(14)7-12(10)20(17,18)15-8-13(16)5-6-19-9-13/h3-4,7,15-16H,2,5-6,8-9,14H2,1H3. The van der Waals surface area contributed by atoms with Gasteiger partial charge in [-0.05, 0) is 24.1 Å². The van der Waals surface area contributed by atoms with E-state index < -0.39 is 15.6 Å². The number of ether oxygens (including phenoxy) is 1. The molecule has 0 bridgehead atoms. The number of anilines is 1. The largest absolute Gasteiger partial charge is 0.399 e. The van der Waals surface area contributed by atoms with Gasteiger partial charge in [-0.3, -0.25) is 0 Å². The van der Waals surface area contributed by atoms with Crippen LogP contribution in [-0.4, -0.2) is 38.9 Å². The molecule has 1 heterocycles. The lowest BCUT2D eigenvalue weighted by Gasteiger charge is -2.21. The first-order valence-electron chi connectivity index (χ1n) is 6.54. The molecule has 1 aliphatic rings. The number of rotatable bonds is 5. The van der Waals surface area contributed by atoms with Crippen LogP contribution in [0.25, 0.3) is 0 Å². The molecule has 112 valence electrons. The van der Waals surface area contributed by atoms with Crippen molar-refractivity contribution in [1.82, 2.24) is 4.72 Å². The highest BCUT2D eigenvalue weighted by Gasteiger charge is 2.34. The smallest absolute Gasteiger partial charge is 0.241 e. The van der Waals surface area contributed by atoms with Crippen LogP contribution in [0.2, 0.25) is 0 Å². The first-order chi connectivity index (χ1) is 9.36. The van der Waals surface area contributed by atoms with Crippen LogP contribution in [0.5, 0.6) is 0 Å². The molecule has 1 aromatic carbocycles. The fraction of sp³-hybridized carbons (Fsp3) is 0.538. The van der Waals surface area contributed by atoms with Crippen LogP contribution in [-0.2, 0) is 21.2 Å². The van der Waals surface area contributed by atoms with E-state index in [-0.39, 0.29) is 18.0 Å². The van der Waals surface area contributed by atoms with Gasteiger partial charge in [0.2, 0.25) is 10.0 Å². The number of hydrogen-bond donors (Lipinski definition) is 3. The lowest BCUT2D eigenvalue weighted by Crippen LogP contribution is -2.43. The van der Waals surface area contributed by atoms with Crippen LogP contribution in [0.1, 0.15) is 18.9 Å². The summed E-state index contributed by atoms with van der Waals surface area (Å²) in [6.45, 7) is 2.40. The molecule has 0 saturated carbocycles. The van der Waals surface area contributed by atoms with Gasteiger partial charge >= 0.3 is 0 Å². The summed E-state index contributed by atoms with van der Waals surface area (Å²) in [7, 11) is -3.70. The number of nitrogens with two attached hydrogens (primary N) is 1. The number of aryl methyl sites for hydroxylation is 1. The lowest BCUT2D eigenvalue weighted by atomic mass is 10.1. The molecule has 20 heavy (non-hydrogen) atoms. The first-order valence-corrected chi connectivity index (χ1v) is 8.03. The van der Waals surface area contributed by atoms with Gasteiger partial charge in [-0.1, -0.05) is 13.0 Å². The summed E-state index contributed by atoms with van der Waals surface area (Å²) in [4.78, 5) is 0.169. The predicted molar refractivity (Wildman–Crippen MR) is 75.8 cm³/mol. The van der Waals surface area contributed by atoms with Crippen molar-refractivity contribution in [3.05, 3.63) is 23.8 Å². The van der Waals surface area contributed by atoms with Crippen molar-refractivity contribution in [2.24, 2.45) is 0 Å². The van der Waals surface area contributed by atoms with E-state index in [1.165, 1.54) is 6.07 Å². The summed E-state index contributed by atoms with van der Waals surface area (Å²) >= 11 is 0. The third kappa shape index (κ3) is 3.29. The van der Waals surface area contributed by atoms with Gasteiger partial charge in [0, 0.05) is 25.3 Å². The van der Waals surface area contributed by atoms with Crippen molar-refractivity contribution in [3.63, 3.8) is 0 Å². The van der Waals surface area contributed by atoms with Gasteiger partial charge in [-0.2, -0.15) is 0 Å². The molecule has 1 fully saturated rings. The van der Waals surface area contributed by atoms with E-state index in [1.54, 1.807) is 12.1 Å². The minimum atomic E-state index is -3.70. The number of aliphatic hydroxyl groups is 1. The zero-order valence-corrected chi connectivity index (χ0v) is 12.2. The average Bonchev–Trinajstić information content (AvgIpc) is 2.84. The molecule has 4 N–H and O–H groups in total. The minimum Gasteiger partial charge on any atom is -0.399 e. The van der Waals surface area contributed by atoms with Gasteiger partial charge in [0.25, 0.3) is 0 Å². The van der Waals surface area contributed by atoms with Gasteiger partial charge in [0.1, 0.15) is 5.60 Å². The maximum Gasteiger partial charge on any atom is 0.241 e. The average molecular weight is 300 g/mol. The molecule has 1 unspecified atom stereocenters. The molecule has 2 rings (SSSR count). The Morgan fingerprint density at radius 2 is 2.25 bits per heavy atom. The number of nitrogen functional groups attached to an aromatic ring is 1. The zero-order valence-electron chi connectivity index (χ0n) is 11.4. The van der Waals surface area contributed by atoms with Crippen LogP contribution in [0.3, 0.4) is 0 Å². The molecule has 6 nitrogen and oxygen atoms in total. The molecular weight excluding hydrogens is 280 g/mol. The Balaban J connectivity index is 2.20. The Hall–Kier alpha value is -1.15. The second-order valence-electron chi connectivity index (χ2n) is 5.07. The Bertz CT molecular complexity index is 580. The number of benzene rings is 1. The lowest BCUT2D eigenvalue weighted by molar-refractivity contribution is 0.0314. The van der Waals surface area contributed by atoms with Crippen molar-refractivity contribution in [1.29, 1.82) is 0 Å². The summed E-state index contributed by atoms with van der Waals surface area (Å²) < 4.78 is 32.2. The van der Waals surface area contributed by atoms with E-state index in [0.717, 1.165) is 0 Å². The monoisotopic (exact) mass is 300 g/mol. The topological polar surface area (TPSA) is 102 Å². The van der Waals surface area contributed by atoms with Gasteiger partial charge in [0.15, 0.2) is 0 Å². The Morgan fingerprint density at radius 1 is 1.50 bits per heavy atom. The van der Waals surface area contributed by atoms with Crippen molar-refractivity contribution in [3.8, 4) is 0 Å². The highest BCUT2D eigenvalue weighted by molar-refractivity contribution is 7.89. The fourth-order valence-electron chi connectivity index (χ4n) is 2.16.